The number of nitrogen functional groups attached to an aromatic ring is 1. The zero-order valence-electron chi connectivity index (χ0n) is 11.1. The maximum atomic E-state index is 5.99. The number of nitrogens with zero attached hydrogens (tertiary/aromatic N) is 1. The Morgan fingerprint density at radius 3 is 2.68 bits per heavy atom. The maximum absolute atomic E-state index is 5.99. The molecule has 1 aliphatic rings. The van der Waals surface area contributed by atoms with Crippen molar-refractivity contribution >= 4 is 5.82 Å². The predicted molar refractivity (Wildman–Crippen MR) is 76.0 cm³/mol. The molecule has 3 N–H and O–H groups in total. The number of benzene rings is 1. The van der Waals surface area contributed by atoms with Gasteiger partial charge >= 0.3 is 0 Å². The van der Waals surface area contributed by atoms with Gasteiger partial charge in [-0.2, -0.15) is 5.10 Å². The van der Waals surface area contributed by atoms with E-state index < -0.39 is 0 Å². The van der Waals surface area contributed by atoms with Crippen molar-refractivity contribution in [3.05, 3.63) is 30.0 Å². The van der Waals surface area contributed by atoms with Gasteiger partial charge in [-0.25, -0.2) is 0 Å². The summed E-state index contributed by atoms with van der Waals surface area (Å²) in [5.74, 6) is 2.28. The summed E-state index contributed by atoms with van der Waals surface area (Å²) in [6, 6.07) is 8.05. The van der Waals surface area contributed by atoms with Crippen LogP contribution < -0.4 is 10.5 Å². The molecule has 1 heterocycles. The van der Waals surface area contributed by atoms with Gasteiger partial charge in [0.15, 0.2) is 5.82 Å². The largest absolute Gasteiger partial charge is 0.494 e. The second-order valence-electron chi connectivity index (χ2n) is 5.07. The number of aromatic nitrogens is 2. The van der Waals surface area contributed by atoms with Crippen LogP contribution in [0.25, 0.3) is 11.1 Å². The average molecular weight is 257 g/mol. The lowest BCUT2D eigenvalue weighted by molar-refractivity contribution is 0.340. The number of rotatable bonds is 5. The molecular weight excluding hydrogens is 238 g/mol. The number of ether oxygens (including phenoxy) is 1. The van der Waals surface area contributed by atoms with Crippen molar-refractivity contribution in [1.82, 2.24) is 10.2 Å². The van der Waals surface area contributed by atoms with Gasteiger partial charge in [-0.05, 0) is 49.8 Å². The Hall–Kier alpha value is -1.97. The van der Waals surface area contributed by atoms with Gasteiger partial charge in [0, 0.05) is 11.3 Å². The third-order valence-corrected chi connectivity index (χ3v) is 3.51. The van der Waals surface area contributed by atoms with Gasteiger partial charge in [-0.15, -0.1) is 0 Å². The highest BCUT2D eigenvalue weighted by Crippen LogP contribution is 2.37. The van der Waals surface area contributed by atoms with Gasteiger partial charge in [-0.1, -0.05) is 12.1 Å². The van der Waals surface area contributed by atoms with Crippen LogP contribution in [0.4, 0.5) is 5.82 Å². The summed E-state index contributed by atoms with van der Waals surface area (Å²) in [4.78, 5) is 0. The second-order valence-corrected chi connectivity index (χ2v) is 5.07. The highest BCUT2D eigenvalue weighted by atomic mass is 16.5. The molecule has 0 unspecified atom stereocenters. The summed E-state index contributed by atoms with van der Waals surface area (Å²) in [7, 11) is 0. The predicted octanol–water partition coefficient (Wildman–Crippen LogP) is 3.01. The van der Waals surface area contributed by atoms with E-state index in [4.69, 9.17) is 10.5 Å². The van der Waals surface area contributed by atoms with Crippen molar-refractivity contribution in [2.24, 2.45) is 5.92 Å². The van der Waals surface area contributed by atoms with Crippen LogP contribution in [0.1, 0.15) is 25.5 Å². The number of nitrogens with two attached hydrogens (primary N) is 1. The van der Waals surface area contributed by atoms with E-state index in [9.17, 15) is 0 Å². The zero-order chi connectivity index (χ0) is 13.2. The SMILES string of the molecule is CCOc1ccc(-c2c(N)n[nH]c2CC2CC2)cc1. The molecule has 1 aromatic carbocycles. The third kappa shape index (κ3) is 2.57. The quantitative estimate of drug-likeness (QED) is 0.865. The lowest BCUT2D eigenvalue weighted by Crippen LogP contribution is -1.94. The number of hydrogen-bond acceptors (Lipinski definition) is 3. The molecule has 4 heteroatoms. The van der Waals surface area contributed by atoms with Crippen molar-refractivity contribution in [2.45, 2.75) is 26.2 Å². The topological polar surface area (TPSA) is 63.9 Å². The van der Waals surface area contributed by atoms with Gasteiger partial charge in [0.2, 0.25) is 0 Å². The lowest BCUT2D eigenvalue weighted by Gasteiger charge is -2.06. The molecule has 0 bridgehead atoms. The van der Waals surface area contributed by atoms with Crippen molar-refractivity contribution in [2.75, 3.05) is 12.3 Å². The van der Waals surface area contributed by atoms with E-state index in [1.807, 2.05) is 31.2 Å². The fraction of sp³-hybridized carbons (Fsp3) is 0.400. The summed E-state index contributed by atoms with van der Waals surface area (Å²) in [6.45, 7) is 2.66. The fourth-order valence-electron chi connectivity index (χ4n) is 2.36. The van der Waals surface area contributed by atoms with Gasteiger partial charge in [0.1, 0.15) is 5.75 Å². The van der Waals surface area contributed by atoms with Crippen molar-refractivity contribution in [3.63, 3.8) is 0 Å². The molecule has 0 amide bonds. The van der Waals surface area contributed by atoms with E-state index in [-0.39, 0.29) is 0 Å². The molecule has 0 atom stereocenters. The van der Waals surface area contributed by atoms with Crippen LogP contribution >= 0.6 is 0 Å². The first-order valence-electron chi connectivity index (χ1n) is 6.84. The molecule has 1 aliphatic carbocycles. The first kappa shape index (κ1) is 12.1. The standard InChI is InChI=1S/C15H19N3O/c1-2-19-12-7-5-11(6-8-12)14-13(9-10-3-4-10)17-18-15(14)16/h5-8,10H,2-4,9H2,1H3,(H3,16,17,18). The van der Waals surface area contributed by atoms with Crippen LogP contribution in [0.15, 0.2) is 24.3 Å². The zero-order valence-corrected chi connectivity index (χ0v) is 11.1. The number of aromatic amines is 1. The van der Waals surface area contributed by atoms with E-state index in [1.165, 1.54) is 12.8 Å². The molecule has 4 nitrogen and oxygen atoms in total. The fourth-order valence-corrected chi connectivity index (χ4v) is 2.36. The lowest BCUT2D eigenvalue weighted by atomic mass is 10.0. The van der Waals surface area contributed by atoms with Crippen LogP contribution in [0.3, 0.4) is 0 Å². The van der Waals surface area contributed by atoms with Crippen molar-refractivity contribution < 1.29 is 4.74 Å². The molecule has 2 aromatic rings. The molecular formula is C15H19N3O. The molecule has 1 saturated carbocycles. The first-order valence-corrected chi connectivity index (χ1v) is 6.84. The van der Waals surface area contributed by atoms with E-state index >= 15 is 0 Å². The van der Waals surface area contributed by atoms with E-state index in [2.05, 4.69) is 10.2 Å². The minimum absolute atomic E-state index is 0.583. The molecule has 3 rings (SSSR count). The van der Waals surface area contributed by atoms with Crippen LogP contribution in [0, 0.1) is 5.92 Å². The molecule has 1 aromatic heterocycles. The maximum Gasteiger partial charge on any atom is 0.153 e. The van der Waals surface area contributed by atoms with E-state index in [0.717, 1.165) is 34.9 Å². The van der Waals surface area contributed by atoms with E-state index in [0.29, 0.717) is 12.4 Å². The Kier molecular flexibility index (Phi) is 3.15. The summed E-state index contributed by atoms with van der Waals surface area (Å²) in [5.41, 5.74) is 9.30. The summed E-state index contributed by atoms with van der Waals surface area (Å²) in [5, 5.41) is 7.23. The summed E-state index contributed by atoms with van der Waals surface area (Å²) in [6.07, 6.45) is 3.69. The van der Waals surface area contributed by atoms with Gasteiger partial charge in [0.25, 0.3) is 0 Å². The normalized spacial score (nSPS) is 14.6. The Bertz CT molecular complexity index is 555. The van der Waals surface area contributed by atoms with Crippen LogP contribution in [0.2, 0.25) is 0 Å². The minimum Gasteiger partial charge on any atom is -0.494 e. The van der Waals surface area contributed by atoms with Crippen molar-refractivity contribution in [1.29, 1.82) is 0 Å². The molecule has 19 heavy (non-hydrogen) atoms. The first-order chi connectivity index (χ1) is 9.28. The van der Waals surface area contributed by atoms with Gasteiger partial charge in [-0.3, -0.25) is 5.10 Å². The van der Waals surface area contributed by atoms with Crippen LogP contribution in [0.5, 0.6) is 5.75 Å². The average Bonchev–Trinajstić information content (AvgIpc) is 3.15. The summed E-state index contributed by atoms with van der Waals surface area (Å²) < 4.78 is 5.46. The monoisotopic (exact) mass is 257 g/mol. The Morgan fingerprint density at radius 1 is 1.32 bits per heavy atom. The highest BCUT2D eigenvalue weighted by Gasteiger charge is 2.25. The Morgan fingerprint density at radius 2 is 2.05 bits per heavy atom. The molecule has 0 radical (unpaired) electrons. The highest BCUT2D eigenvalue weighted by molar-refractivity contribution is 5.76. The minimum atomic E-state index is 0.583. The molecule has 1 fully saturated rings. The summed E-state index contributed by atoms with van der Waals surface area (Å²) >= 11 is 0. The molecule has 0 spiro atoms. The molecule has 0 aliphatic heterocycles. The Balaban J connectivity index is 1.89. The van der Waals surface area contributed by atoms with E-state index in [1.54, 1.807) is 0 Å². The van der Waals surface area contributed by atoms with Crippen LogP contribution in [-0.2, 0) is 6.42 Å². The number of nitrogens with one attached hydrogen (secondary N) is 1. The number of anilines is 1. The smallest absolute Gasteiger partial charge is 0.153 e. The number of hydrogen-bond donors (Lipinski definition) is 2. The van der Waals surface area contributed by atoms with Gasteiger partial charge in [0.05, 0.1) is 6.61 Å². The van der Waals surface area contributed by atoms with Gasteiger partial charge < -0.3 is 10.5 Å². The third-order valence-electron chi connectivity index (χ3n) is 3.51. The Labute approximate surface area is 113 Å². The van der Waals surface area contributed by atoms with Crippen LogP contribution in [-0.4, -0.2) is 16.8 Å². The van der Waals surface area contributed by atoms with Crippen molar-refractivity contribution in [3.8, 4) is 16.9 Å². The molecule has 0 saturated heterocycles. The molecule has 100 valence electrons. The number of H-pyrrole nitrogens is 1. The second kappa shape index (κ2) is 4.96.